The van der Waals surface area contributed by atoms with E-state index in [0.717, 1.165) is 35.6 Å². The minimum Gasteiger partial charge on any atom is -0.508 e. The molecule has 0 aromatic heterocycles. The van der Waals surface area contributed by atoms with Crippen LogP contribution >= 0.6 is 0 Å². The van der Waals surface area contributed by atoms with E-state index in [9.17, 15) is 10.2 Å². The molecule has 1 atom stereocenters. The van der Waals surface area contributed by atoms with E-state index >= 15 is 0 Å². The maximum atomic E-state index is 10.1. The molecule has 0 aliphatic rings. The number of aryl methyl sites for hydroxylation is 1. The molecule has 0 bridgehead atoms. The molecule has 3 aromatic rings. The van der Waals surface area contributed by atoms with Crippen LogP contribution in [0.25, 0.3) is 0 Å². The lowest BCUT2D eigenvalue weighted by molar-refractivity contribution is 0.292. The van der Waals surface area contributed by atoms with E-state index in [1.807, 2.05) is 54.6 Å². The van der Waals surface area contributed by atoms with Crippen molar-refractivity contribution in [3.8, 4) is 11.5 Å². The normalized spacial score (nSPS) is 12.1. The van der Waals surface area contributed by atoms with E-state index in [1.165, 1.54) is 5.56 Å². The molecular formula is C24H25O3. The summed E-state index contributed by atoms with van der Waals surface area (Å²) < 4.78 is 5.27. The Kier molecular flexibility index (Phi) is 6.50. The molecule has 0 heterocycles. The Balaban J connectivity index is 1.89. The topological polar surface area (TPSA) is 49.7 Å². The summed E-state index contributed by atoms with van der Waals surface area (Å²) in [7, 11) is 1.65. The summed E-state index contributed by atoms with van der Waals surface area (Å²) in [5, 5.41) is 19.8. The summed E-state index contributed by atoms with van der Waals surface area (Å²) >= 11 is 0. The van der Waals surface area contributed by atoms with Gasteiger partial charge in [0.15, 0.2) is 0 Å². The average molecular weight is 361 g/mol. The number of aromatic hydroxyl groups is 1. The molecule has 0 saturated carbocycles. The van der Waals surface area contributed by atoms with Gasteiger partial charge >= 0.3 is 0 Å². The Morgan fingerprint density at radius 3 is 2.00 bits per heavy atom. The highest BCUT2D eigenvalue weighted by Crippen LogP contribution is 2.37. The van der Waals surface area contributed by atoms with E-state index in [4.69, 9.17) is 4.74 Å². The molecule has 139 valence electrons. The van der Waals surface area contributed by atoms with Crippen molar-refractivity contribution >= 4 is 0 Å². The van der Waals surface area contributed by atoms with Crippen LogP contribution in [0.5, 0.6) is 11.5 Å². The number of aliphatic hydroxyl groups is 1. The maximum Gasteiger partial charge on any atom is 0.118 e. The number of hydrogen-bond acceptors (Lipinski definition) is 3. The highest BCUT2D eigenvalue weighted by atomic mass is 16.5. The molecule has 2 N–H and O–H groups in total. The molecular weight excluding hydrogens is 336 g/mol. The van der Waals surface area contributed by atoms with Gasteiger partial charge in [-0.2, -0.15) is 0 Å². The van der Waals surface area contributed by atoms with Crippen LogP contribution in [-0.4, -0.2) is 23.9 Å². The fourth-order valence-corrected chi connectivity index (χ4v) is 3.39. The maximum absolute atomic E-state index is 10.1. The van der Waals surface area contributed by atoms with E-state index < -0.39 is 0 Å². The van der Waals surface area contributed by atoms with Crippen molar-refractivity contribution < 1.29 is 14.9 Å². The standard InChI is InChI=1S/C24H25O3/c1-27-23-15-11-20(12-16-23)24(19-9-13-22(26)14-10-19)21(17-25)8-7-18-5-3-2-4-6-18/h2-6,9-16,24-26H,7-8,17H2,1H3. The van der Waals surface area contributed by atoms with Gasteiger partial charge in [-0.3, -0.25) is 0 Å². The third kappa shape index (κ3) is 4.89. The van der Waals surface area contributed by atoms with Gasteiger partial charge in [-0.25, -0.2) is 0 Å². The smallest absolute Gasteiger partial charge is 0.118 e. The molecule has 1 unspecified atom stereocenters. The second-order valence-electron chi connectivity index (χ2n) is 6.60. The molecule has 3 rings (SSSR count). The van der Waals surface area contributed by atoms with Crippen molar-refractivity contribution in [3.05, 3.63) is 101 Å². The fraction of sp³-hybridized carbons (Fsp3) is 0.208. The number of phenols is 1. The van der Waals surface area contributed by atoms with Gasteiger partial charge in [-0.15, -0.1) is 0 Å². The number of rotatable bonds is 8. The third-order valence-corrected chi connectivity index (χ3v) is 4.86. The number of ether oxygens (including phenoxy) is 1. The van der Waals surface area contributed by atoms with E-state index in [-0.39, 0.29) is 18.3 Å². The van der Waals surface area contributed by atoms with Gasteiger partial charge < -0.3 is 14.9 Å². The number of methoxy groups -OCH3 is 1. The van der Waals surface area contributed by atoms with Gasteiger partial charge in [-0.1, -0.05) is 54.6 Å². The summed E-state index contributed by atoms with van der Waals surface area (Å²) in [6, 6.07) is 25.5. The largest absolute Gasteiger partial charge is 0.508 e. The molecule has 27 heavy (non-hydrogen) atoms. The van der Waals surface area contributed by atoms with E-state index in [0.29, 0.717) is 0 Å². The highest BCUT2D eigenvalue weighted by Gasteiger charge is 2.25. The zero-order chi connectivity index (χ0) is 19.1. The van der Waals surface area contributed by atoms with E-state index in [2.05, 4.69) is 12.1 Å². The molecule has 0 aliphatic carbocycles. The van der Waals surface area contributed by atoms with Crippen molar-refractivity contribution in [1.29, 1.82) is 0 Å². The molecule has 1 radical (unpaired) electrons. The van der Waals surface area contributed by atoms with Gasteiger partial charge in [0.25, 0.3) is 0 Å². The van der Waals surface area contributed by atoms with Gasteiger partial charge in [0.05, 0.1) is 13.7 Å². The summed E-state index contributed by atoms with van der Waals surface area (Å²) in [6.07, 6.45) is 1.67. The van der Waals surface area contributed by atoms with Gasteiger partial charge in [0.1, 0.15) is 11.5 Å². The third-order valence-electron chi connectivity index (χ3n) is 4.86. The van der Waals surface area contributed by atoms with Crippen molar-refractivity contribution in [2.45, 2.75) is 18.8 Å². The van der Waals surface area contributed by atoms with Crippen LogP contribution in [-0.2, 0) is 6.42 Å². The van der Waals surface area contributed by atoms with Crippen molar-refractivity contribution in [1.82, 2.24) is 0 Å². The van der Waals surface area contributed by atoms with Crippen LogP contribution in [0.15, 0.2) is 78.9 Å². The van der Waals surface area contributed by atoms with Gasteiger partial charge in [0.2, 0.25) is 0 Å². The van der Waals surface area contributed by atoms with Crippen LogP contribution < -0.4 is 4.74 Å². The Morgan fingerprint density at radius 2 is 1.44 bits per heavy atom. The lowest BCUT2D eigenvalue weighted by Gasteiger charge is -2.26. The van der Waals surface area contributed by atoms with Crippen LogP contribution in [0, 0.1) is 5.92 Å². The van der Waals surface area contributed by atoms with Crippen LogP contribution in [0.2, 0.25) is 0 Å². The Bertz CT molecular complexity index is 811. The van der Waals surface area contributed by atoms with Gasteiger partial charge in [0, 0.05) is 11.8 Å². The predicted molar refractivity (Wildman–Crippen MR) is 108 cm³/mol. The molecule has 3 heteroatoms. The first-order valence-electron chi connectivity index (χ1n) is 9.13. The number of benzene rings is 3. The monoisotopic (exact) mass is 361 g/mol. The number of aliphatic hydroxyl groups excluding tert-OH is 1. The Morgan fingerprint density at radius 1 is 0.852 bits per heavy atom. The number of hydrogen-bond donors (Lipinski definition) is 2. The second kappa shape index (κ2) is 9.24. The lowest BCUT2D eigenvalue weighted by Crippen LogP contribution is -2.17. The lowest BCUT2D eigenvalue weighted by atomic mass is 9.78. The first-order chi connectivity index (χ1) is 13.2. The molecule has 0 amide bonds. The van der Waals surface area contributed by atoms with Crippen molar-refractivity contribution in [3.63, 3.8) is 0 Å². The Labute approximate surface area is 160 Å². The van der Waals surface area contributed by atoms with E-state index in [1.54, 1.807) is 19.2 Å². The zero-order valence-corrected chi connectivity index (χ0v) is 15.5. The molecule has 0 spiro atoms. The van der Waals surface area contributed by atoms with Crippen molar-refractivity contribution in [2.75, 3.05) is 13.7 Å². The highest BCUT2D eigenvalue weighted by molar-refractivity contribution is 5.42. The average Bonchev–Trinajstić information content (AvgIpc) is 2.73. The van der Waals surface area contributed by atoms with Crippen LogP contribution in [0.1, 0.15) is 29.0 Å². The summed E-state index contributed by atoms with van der Waals surface area (Å²) in [5.74, 6) is 2.06. The van der Waals surface area contributed by atoms with Crippen LogP contribution in [0.3, 0.4) is 0 Å². The van der Waals surface area contributed by atoms with Crippen LogP contribution in [0.4, 0.5) is 0 Å². The quantitative estimate of drug-likeness (QED) is 0.610. The first kappa shape index (κ1) is 19.0. The molecule has 0 aliphatic heterocycles. The predicted octanol–water partition coefficient (Wildman–Crippen LogP) is 4.73. The molecule has 3 nitrogen and oxygen atoms in total. The molecule has 0 saturated heterocycles. The van der Waals surface area contributed by atoms with Gasteiger partial charge in [-0.05, 0) is 53.8 Å². The van der Waals surface area contributed by atoms with Crippen molar-refractivity contribution in [2.24, 2.45) is 0 Å². The summed E-state index contributed by atoms with van der Waals surface area (Å²) in [5.41, 5.74) is 3.40. The Hall–Kier alpha value is -2.78. The molecule has 0 fully saturated rings. The first-order valence-corrected chi connectivity index (χ1v) is 9.13. The minimum atomic E-state index is -0.0368. The second-order valence-corrected chi connectivity index (χ2v) is 6.60. The number of phenolic OH excluding ortho intramolecular Hbond substituents is 1. The minimum absolute atomic E-state index is 0.0183. The fourth-order valence-electron chi connectivity index (χ4n) is 3.39. The zero-order valence-electron chi connectivity index (χ0n) is 15.5. The summed E-state index contributed by atoms with van der Waals surface area (Å²) in [4.78, 5) is 0. The molecule has 3 aromatic carbocycles. The SMILES string of the molecule is COc1ccc(C([C](CO)CCc2ccccc2)c2ccc(O)cc2)cc1. The summed E-state index contributed by atoms with van der Waals surface area (Å²) in [6.45, 7) is 0.0183.